The second-order valence-electron chi connectivity index (χ2n) is 4.07. The van der Waals surface area contributed by atoms with Crippen LogP contribution in [0.4, 0.5) is 0 Å². The fraction of sp³-hybridized carbons (Fsp3) is 0.875. The summed E-state index contributed by atoms with van der Waals surface area (Å²) in [4.78, 5) is 4.27. The van der Waals surface area contributed by atoms with E-state index in [1.165, 1.54) is 12.8 Å². The molecule has 0 aromatic carbocycles. The molecule has 1 heterocycles. The van der Waals surface area contributed by atoms with Crippen molar-refractivity contribution in [1.82, 2.24) is 0 Å². The number of nitrogens with zero attached hydrogens (tertiary/aromatic N) is 1. The van der Waals surface area contributed by atoms with Crippen molar-refractivity contribution < 1.29 is 0 Å². The Labute approximate surface area is 56.2 Å². The highest BCUT2D eigenvalue weighted by Gasteiger charge is 2.61. The number of hydrogen-bond acceptors (Lipinski definition) is 1. The monoisotopic (exact) mass is 123 g/mol. The van der Waals surface area contributed by atoms with Gasteiger partial charge in [0.2, 0.25) is 0 Å². The summed E-state index contributed by atoms with van der Waals surface area (Å²) in [5.74, 6) is 0. The molecule has 0 aromatic heterocycles. The van der Waals surface area contributed by atoms with Crippen molar-refractivity contribution in [3.8, 4) is 0 Å². The third kappa shape index (κ3) is 0.525. The molecule has 1 nitrogen and oxygen atoms in total. The van der Waals surface area contributed by atoms with Crippen LogP contribution in [0.2, 0.25) is 0 Å². The van der Waals surface area contributed by atoms with Gasteiger partial charge in [0.15, 0.2) is 0 Å². The van der Waals surface area contributed by atoms with E-state index < -0.39 is 0 Å². The molecule has 0 radical (unpaired) electrons. The number of aliphatic imine (C=N–C) groups is 1. The van der Waals surface area contributed by atoms with Crippen LogP contribution < -0.4 is 0 Å². The average molecular weight is 123 g/mol. The molecule has 0 amide bonds. The van der Waals surface area contributed by atoms with Gasteiger partial charge in [0, 0.05) is 12.0 Å². The van der Waals surface area contributed by atoms with Crippen molar-refractivity contribution >= 4 is 6.21 Å². The molecule has 0 aromatic rings. The molecule has 0 N–H and O–H groups in total. The molecule has 1 atom stereocenters. The molecular formula is C8H13N. The van der Waals surface area contributed by atoms with E-state index in [0.717, 1.165) is 6.54 Å². The van der Waals surface area contributed by atoms with Crippen molar-refractivity contribution in [1.29, 1.82) is 0 Å². The number of hydrogen-bond donors (Lipinski definition) is 0. The molecule has 1 saturated carbocycles. The molecule has 50 valence electrons. The molecule has 0 unspecified atom stereocenters. The Bertz CT molecular complexity index is 159. The van der Waals surface area contributed by atoms with Gasteiger partial charge in [0.1, 0.15) is 0 Å². The quantitative estimate of drug-likeness (QED) is 0.466. The second-order valence-corrected chi connectivity index (χ2v) is 4.07. The topological polar surface area (TPSA) is 12.4 Å². The lowest BCUT2D eigenvalue weighted by Crippen LogP contribution is -2.07. The molecule has 1 fully saturated rings. The largest absolute Gasteiger partial charge is 0.297 e. The maximum absolute atomic E-state index is 4.27. The van der Waals surface area contributed by atoms with E-state index in [9.17, 15) is 0 Å². The van der Waals surface area contributed by atoms with Crippen molar-refractivity contribution in [2.24, 2.45) is 15.8 Å². The van der Waals surface area contributed by atoms with Crippen LogP contribution in [0.3, 0.4) is 0 Å². The van der Waals surface area contributed by atoms with Crippen LogP contribution in [0.5, 0.6) is 0 Å². The highest BCUT2D eigenvalue weighted by molar-refractivity contribution is 5.63. The van der Waals surface area contributed by atoms with Gasteiger partial charge < -0.3 is 0 Å². The number of rotatable bonds is 0. The Morgan fingerprint density at radius 2 is 2.11 bits per heavy atom. The van der Waals surface area contributed by atoms with E-state index in [1.54, 1.807) is 0 Å². The summed E-state index contributed by atoms with van der Waals surface area (Å²) in [5, 5.41) is 0. The average Bonchev–Trinajstić information content (AvgIpc) is 2.27. The lowest BCUT2D eigenvalue weighted by molar-refractivity contribution is 0.426. The first kappa shape index (κ1) is 5.45. The van der Waals surface area contributed by atoms with Gasteiger partial charge in [-0.2, -0.15) is 0 Å². The molecule has 2 aliphatic rings. The van der Waals surface area contributed by atoms with Gasteiger partial charge >= 0.3 is 0 Å². The molecule has 0 bridgehead atoms. The van der Waals surface area contributed by atoms with Gasteiger partial charge in [0.25, 0.3) is 0 Å². The minimum atomic E-state index is 0.601. The normalized spacial score (nSPS) is 44.2. The first-order valence-corrected chi connectivity index (χ1v) is 3.65. The molecule has 1 aliphatic carbocycles. The fourth-order valence-electron chi connectivity index (χ4n) is 1.96. The summed E-state index contributed by atoms with van der Waals surface area (Å²) in [6.07, 6.45) is 4.72. The highest BCUT2D eigenvalue weighted by Crippen LogP contribution is 2.66. The molecule has 9 heavy (non-hydrogen) atoms. The first-order chi connectivity index (χ1) is 4.16. The zero-order valence-corrected chi connectivity index (χ0v) is 6.15. The third-order valence-electron chi connectivity index (χ3n) is 3.10. The Kier molecular flexibility index (Phi) is 0.744. The SMILES string of the molecule is CC1(C)C[C@]12CC=NC2. The van der Waals surface area contributed by atoms with Crippen molar-refractivity contribution in [3.63, 3.8) is 0 Å². The lowest BCUT2D eigenvalue weighted by atomic mass is 9.95. The Balaban J connectivity index is 2.16. The second kappa shape index (κ2) is 1.23. The summed E-state index contributed by atoms with van der Waals surface area (Å²) in [6.45, 7) is 5.80. The van der Waals surface area contributed by atoms with Crippen molar-refractivity contribution in [2.75, 3.05) is 6.54 Å². The zero-order chi connectivity index (χ0) is 6.54. The fourth-order valence-corrected chi connectivity index (χ4v) is 1.96. The van der Waals surface area contributed by atoms with E-state index in [2.05, 4.69) is 25.1 Å². The third-order valence-corrected chi connectivity index (χ3v) is 3.10. The Morgan fingerprint density at radius 3 is 2.33 bits per heavy atom. The first-order valence-electron chi connectivity index (χ1n) is 3.65. The predicted octanol–water partition coefficient (Wildman–Crippen LogP) is 1.88. The Morgan fingerprint density at radius 1 is 1.44 bits per heavy atom. The van der Waals surface area contributed by atoms with Crippen LogP contribution in [0, 0.1) is 10.8 Å². The van der Waals surface area contributed by atoms with E-state index >= 15 is 0 Å². The van der Waals surface area contributed by atoms with Gasteiger partial charge in [0.05, 0.1) is 0 Å². The lowest BCUT2D eigenvalue weighted by Gasteiger charge is -2.09. The molecule has 1 spiro atoms. The van der Waals surface area contributed by atoms with E-state index in [0.29, 0.717) is 10.8 Å². The Hall–Kier alpha value is -0.330. The van der Waals surface area contributed by atoms with E-state index in [4.69, 9.17) is 0 Å². The van der Waals surface area contributed by atoms with Gasteiger partial charge in [-0.15, -0.1) is 0 Å². The van der Waals surface area contributed by atoms with Crippen LogP contribution in [0.1, 0.15) is 26.7 Å². The smallest absolute Gasteiger partial charge is 0.0450 e. The summed E-state index contributed by atoms with van der Waals surface area (Å²) in [7, 11) is 0. The van der Waals surface area contributed by atoms with Crippen LogP contribution >= 0.6 is 0 Å². The molecular weight excluding hydrogens is 110 g/mol. The minimum absolute atomic E-state index is 0.601. The maximum atomic E-state index is 4.27. The van der Waals surface area contributed by atoms with Crippen LogP contribution in [0.15, 0.2) is 4.99 Å². The maximum Gasteiger partial charge on any atom is 0.0450 e. The van der Waals surface area contributed by atoms with Gasteiger partial charge in [-0.3, -0.25) is 4.99 Å². The molecule has 2 rings (SSSR count). The highest BCUT2D eigenvalue weighted by atomic mass is 14.9. The zero-order valence-electron chi connectivity index (χ0n) is 6.15. The predicted molar refractivity (Wildman–Crippen MR) is 38.8 cm³/mol. The minimum Gasteiger partial charge on any atom is -0.297 e. The summed E-state index contributed by atoms with van der Waals surface area (Å²) < 4.78 is 0. The van der Waals surface area contributed by atoms with Crippen molar-refractivity contribution in [3.05, 3.63) is 0 Å². The van der Waals surface area contributed by atoms with E-state index in [1.807, 2.05) is 0 Å². The van der Waals surface area contributed by atoms with Gasteiger partial charge in [-0.05, 0) is 24.5 Å². The summed E-state index contributed by atoms with van der Waals surface area (Å²) in [5.41, 5.74) is 1.22. The molecule has 0 saturated heterocycles. The summed E-state index contributed by atoms with van der Waals surface area (Å²) in [6, 6.07) is 0. The van der Waals surface area contributed by atoms with Crippen LogP contribution in [0.25, 0.3) is 0 Å². The van der Waals surface area contributed by atoms with Gasteiger partial charge in [-0.1, -0.05) is 13.8 Å². The van der Waals surface area contributed by atoms with Crippen LogP contribution in [-0.2, 0) is 0 Å². The van der Waals surface area contributed by atoms with Gasteiger partial charge in [-0.25, -0.2) is 0 Å². The van der Waals surface area contributed by atoms with Crippen LogP contribution in [-0.4, -0.2) is 12.8 Å². The van der Waals surface area contributed by atoms with E-state index in [-0.39, 0.29) is 0 Å². The molecule has 1 aliphatic heterocycles. The van der Waals surface area contributed by atoms with Crippen molar-refractivity contribution in [2.45, 2.75) is 26.7 Å². The molecule has 1 heteroatoms. The standard InChI is InChI=1S/C8H13N/c1-7(2)5-8(7)3-4-9-6-8/h4H,3,5-6H2,1-2H3/t8-/m0/s1. The summed E-state index contributed by atoms with van der Waals surface area (Å²) >= 11 is 0.